The SMILES string of the molecule is CC=CC(=O)NCCCCC(N)C(=O)O. The third-order valence-corrected chi connectivity index (χ3v) is 1.88. The summed E-state index contributed by atoms with van der Waals surface area (Å²) in [7, 11) is 0. The zero-order chi connectivity index (χ0) is 11.7. The van der Waals surface area contributed by atoms with Crippen LogP contribution in [0.2, 0.25) is 0 Å². The number of carbonyl (C=O) groups excluding carboxylic acids is 1. The summed E-state index contributed by atoms with van der Waals surface area (Å²) in [6.07, 6.45) is 4.99. The maximum absolute atomic E-state index is 10.9. The van der Waals surface area contributed by atoms with Crippen LogP contribution in [0, 0.1) is 0 Å². The highest BCUT2D eigenvalue weighted by molar-refractivity contribution is 5.87. The Bertz CT molecular complexity index is 239. The van der Waals surface area contributed by atoms with Crippen LogP contribution in [0.4, 0.5) is 0 Å². The lowest BCUT2D eigenvalue weighted by Crippen LogP contribution is -2.30. The lowest BCUT2D eigenvalue weighted by atomic mass is 10.1. The quantitative estimate of drug-likeness (QED) is 0.418. The van der Waals surface area contributed by atoms with Gasteiger partial charge in [0.15, 0.2) is 0 Å². The zero-order valence-electron chi connectivity index (χ0n) is 8.90. The molecule has 0 saturated carbocycles. The standard InChI is InChI=1S/C10H18N2O3/c1-2-5-9(13)12-7-4-3-6-8(11)10(14)15/h2,5,8H,3-4,6-7,11H2,1H3,(H,12,13)(H,14,15). The molecule has 1 unspecified atom stereocenters. The van der Waals surface area contributed by atoms with Gasteiger partial charge in [0.2, 0.25) is 5.91 Å². The fourth-order valence-electron chi connectivity index (χ4n) is 1.03. The molecule has 0 aromatic heterocycles. The molecular weight excluding hydrogens is 196 g/mol. The molecule has 0 aromatic rings. The zero-order valence-corrected chi connectivity index (χ0v) is 8.90. The van der Waals surface area contributed by atoms with E-state index in [-0.39, 0.29) is 5.91 Å². The second-order valence-corrected chi connectivity index (χ2v) is 3.23. The first-order chi connectivity index (χ1) is 7.07. The predicted octanol–water partition coefficient (Wildman–Crippen LogP) is 0.261. The summed E-state index contributed by atoms with van der Waals surface area (Å²) in [6.45, 7) is 2.32. The maximum Gasteiger partial charge on any atom is 0.320 e. The van der Waals surface area contributed by atoms with Gasteiger partial charge in [0, 0.05) is 6.54 Å². The molecule has 86 valence electrons. The summed E-state index contributed by atoms with van der Waals surface area (Å²) in [5.74, 6) is -1.10. The molecule has 0 aliphatic heterocycles. The van der Waals surface area contributed by atoms with Crippen LogP contribution in [-0.2, 0) is 9.59 Å². The second kappa shape index (κ2) is 7.99. The summed E-state index contributed by atoms with van der Waals surface area (Å²) in [6, 6.07) is -0.795. The molecule has 1 atom stereocenters. The average molecular weight is 214 g/mol. The molecule has 0 heterocycles. The number of unbranched alkanes of at least 4 members (excludes halogenated alkanes) is 1. The van der Waals surface area contributed by atoms with Gasteiger partial charge in [-0.1, -0.05) is 6.08 Å². The van der Waals surface area contributed by atoms with Gasteiger partial charge in [-0.25, -0.2) is 0 Å². The Morgan fingerprint density at radius 1 is 1.47 bits per heavy atom. The van der Waals surface area contributed by atoms with Crippen molar-refractivity contribution in [3.05, 3.63) is 12.2 Å². The van der Waals surface area contributed by atoms with Gasteiger partial charge < -0.3 is 16.2 Å². The third kappa shape index (κ3) is 7.69. The minimum Gasteiger partial charge on any atom is -0.480 e. The highest BCUT2D eigenvalue weighted by Crippen LogP contribution is 1.98. The second-order valence-electron chi connectivity index (χ2n) is 3.23. The molecular formula is C10H18N2O3. The predicted molar refractivity (Wildman–Crippen MR) is 57.3 cm³/mol. The van der Waals surface area contributed by atoms with Crippen LogP contribution in [0.1, 0.15) is 26.2 Å². The molecule has 0 aliphatic rings. The molecule has 15 heavy (non-hydrogen) atoms. The highest BCUT2D eigenvalue weighted by atomic mass is 16.4. The monoisotopic (exact) mass is 214 g/mol. The Balaban J connectivity index is 3.40. The van der Waals surface area contributed by atoms with Crippen LogP contribution in [0.3, 0.4) is 0 Å². The van der Waals surface area contributed by atoms with Crippen molar-refractivity contribution >= 4 is 11.9 Å². The first-order valence-electron chi connectivity index (χ1n) is 4.97. The molecule has 0 aliphatic carbocycles. The van der Waals surface area contributed by atoms with Gasteiger partial charge in [-0.2, -0.15) is 0 Å². The Morgan fingerprint density at radius 2 is 2.13 bits per heavy atom. The van der Waals surface area contributed by atoms with Crippen molar-refractivity contribution < 1.29 is 14.7 Å². The van der Waals surface area contributed by atoms with Gasteiger partial charge in [-0.3, -0.25) is 9.59 Å². The molecule has 0 saturated heterocycles. The lowest BCUT2D eigenvalue weighted by Gasteiger charge is -2.05. The molecule has 0 aromatic carbocycles. The summed E-state index contributed by atoms with van der Waals surface area (Å²) in [5, 5.41) is 11.2. The van der Waals surface area contributed by atoms with E-state index < -0.39 is 12.0 Å². The first-order valence-corrected chi connectivity index (χ1v) is 4.97. The van der Waals surface area contributed by atoms with Gasteiger partial charge in [-0.05, 0) is 32.3 Å². The molecule has 0 rings (SSSR count). The Hall–Kier alpha value is -1.36. The normalized spacial score (nSPS) is 12.7. The molecule has 0 fully saturated rings. The van der Waals surface area contributed by atoms with Crippen LogP contribution < -0.4 is 11.1 Å². The molecule has 5 heteroatoms. The highest BCUT2D eigenvalue weighted by Gasteiger charge is 2.09. The largest absolute Gasteiger partial charge is 0.480 e. The van der Waals surface area contributed by atoms with E-state index in [0.717, 1.165) is 6.42 Å². The topological polar surface area (TPSA) is 92.4 Å². The van der Waals surface area contributed by atoms with Crippen molar-refractivity contribution in [2.24, 2.45) is 5.73 Å². The Labute approximate surface area is 89.3 Å². The fourth-order valence-corrected chi connectivity index (χ4v) is 1.03. The number of rotatable bonds is 7. The van der Waals surface area contributed by atoms with E-state index in [1.54, 1.807) is 13.0 Å². The van der Waals surface area contributed by atoms with Crippen LogP contribution in [0.15, 0.2) is 12.2 Å². The van der Waals surface area contributed by atoms with E-state index in [1.807, 2.05) is 0 Å². The summed E-state index contributed by atoms with van der Waals surface area (Å²) in [5.41, 5.74) is 5.31. The van der Waals surface area contributed by atoms with Crippen LogP contribution in [0.25, 0.3) is 0 Å². The Kier molecular flexibility index (Phi) is 7.27. The number of nitrogens with one attached hydrogen (secondary N) is 1. The number of aliphatic carboxylic acids is 1. The van der Waals surface area contributed by atoms with Crippen LogP contribution >= 0.6 is 0 Å². The number of carbonyl (C=O) groups is 2. The number of carboxylic acid groups (broad SMARTS) is 1. The number of carboxylic acids is 1. The van der Waals surface area contributed by atoms with Crippen molar-refractivity contribution in [2.45, 2.75) is 32.2 Å². The minimum atomic E-state index is -0.979. The number of hydrogen-bond donors (Lipinski definition) is 3. The summed E-state index contributed by atoms with van der Waals surface area (Å²) < 4.78 is 0. The lowest BCUT2D eigenvalue weighted by molar-refractivity contribution is -0.138. The van der Waals surface area contributed by atoms with Gasteiger partial charge in [0.05, 0.1) is 0 Å². The molecule has 0 spiro atoms. The number of nitrogens with two attached hydrogens (primary N) is 1. The van der Waals surface area contributed by atoms with Crippen molar-refractivity contribution in [2.75, 3.05) is 6.54 Å². The fraction of sp³-hybridized carbons (Fsp3) is 0.600. The molecule has 4 N–H and O–H groups in total. The van der Waals surface area contributed by atoms with Gasteiger partial charge in [0.1, 0.15) is 6.04 Å². The van der Waals surface area contributed by atoms with Gasteiger partial charge in [0.25, 0.3) is 0 Å². The van der Waals surface area contributed by atoms with Crippen molar-refractivity contribution in [3.63, 3.8) is 0 Å². The van der Waals surface area contributed by atoms with Crippen LogP contribution in [0.5, 0.6) is 0 Å². The molecule has 1 amide bonds. The van der Waals surface area contributed by atoms with Gasteiger partial charge >= 0.3 is 5.97 Å². The smallest absolute Gasteiger partial charge is 0.320 e. The van der Waals surface area contributed by atoms with Crippen LogP contribution in [-0.4, -0.2) is 29.6 Å². The Morgan fingerprint density at radius 3 is 2.67 bits per heavy atom. The molecule has 5 nitrogen and oxygen atoms in total. The van der Waals surface area contributed by atoms with E-state index in [2.05, 4.69) is 5.32 Å². The van der Waals surface area contributed by atoms with E-state index >= 15 is 0 Å². The van der Waals surface area contributed by atoms with E-state index in [0.29, 0.717) is 19.4 Å². The molecule has 0 bridgehead atoms. The third-order valence-electron chi connectivity index (χ3n) is 1.88. The van der Waals surface area contributed by atoms with Crippen molar-refractivity contribution in [1.82, 2.24) is 5.32 Å². The summed E-state index contributed by atoms with van der Waals surface area (Å²) >= 11 is 0. The van der Waals surface area contributed by atoms with E-state index in [9.17, 15) is 9.59 Å². The van der Waals surface area contributed by atoms with E-state index in [4.69, 9.17) is 10.8 Å². The maximum atomic E-state index is 10.9. The first kappa shape index (κ1) is 13.6. The van der Waals surface area contributed by atoms with E-state index in [1.165, 1.54) is 6.08 Å². The van der Waals surface area contributed by atoms with Crippen molar-refractivity contribution in [1.29, 1.82) is 0 Å². The number of allylic oxidation sites excluding steroid dienone is 1. The minimum absolute atomic E-state index is 0.125. The van der Waals surface area contributed by atoms with Gasteiger partial charge in [-0.15, -0.1) is 0 Å². The number of hydrogen-bond acceptors (Lipinski definition) is 3. The number of amides is 1. The van der Waals surface area contributed by atoms with Crippen molar-refractivity contribution in [3.8, 4) is 0 Å². The molecule has 0 radical (unpaired) electrons. The average Bonchev–Trinajstić information content (AvgIpc) is 2.17. The summed E-state index contributed by atoms with van der Waals surface area (Å²) in [4.78, 5) is 21.3.